The third-order valence-electron chi connectivity index (χ3n) is 5.97. The molecule has 4 heterocycles. The van der Waals surface area contributed by atoms with Crippen LogP contribution in [0.4, 0.5) is 13.2 Å². The Morgan fingerprint density at radius 3 is 2.65 bits per heavy atom. The molecule has 0 aliphatic carbocycles. The molecule has 37 heavy (non-hydrogen) atoms. The molecule has 3 aromatic heterocycles. The maximum absolute atomic E-state index is 13.5. The quantitative estimate of drug-likeness (QED) is 0.436. The monoisotopic (exact) mass is 514 g/mol. The molecule has 1 aromatic carbocycles. The third-order valence-corrected chi connectivity index (χ3v) is 5.97. The molecule has 4 aromatic rings. The van der Waals surface area contributed by atoms with Gasteiger partial charge in [0.05, 0.1) is 24.9 Å². The summed E-state index contributed by atoms with van der Waals surface area (Å²) in [4.78, 5) is 35.7. The van der Waals surface area contributed by atoms with Gasteiger partial charge in [0.1, 0.15) is 11.3 Å². The summed E-state index contributed by atoms with van der Waals surface area (Å²) in [5.74, 6) is -2.31. The van der Waals surface area contributed by atoms with E-state index in [0.29, 0.717) is 30.2 Å². The highest BCUT2D eigenvalue weighted by atomic mass is 19.4. The number of nitrogens with one attached hydrogen (secondary N) is 1. The van der Waals surface area contributed by atoms with Crippen LogP contribution in [0.15, 0.2) is 53.2 Å². The van der Waals surface area contributed by atoms with E-state index in [1.54, 1.807) is 22.4 Å². The minimum absolute atomic E-state index is 0.141. The lowest BCUT2D eigenvalue weighted by Gasteiger charge is -2.35. The molecule has 1 saturated heterocycles. The first-order valence-corrected chi connectivity index (χ1v) is 11.3. The van der Waals surface area contributed by atoms with Crippen LogP contribution in [-0.2, 0) is 10.9 Å². The number of carbonyl (C=O) groups is 2. The van der Waals surface area contributed by atoms with Crippen molar-refractivity contribution in [2.75, 3.05) is 26.3 Å². The van der Waals surface area contributed by atoms with Crippen LogP contribution in [0.25, 0.3) is 17.0 Å². The van der Waals surface area contributed by atoms with Crippen LogP contribution < -0.4 is 5.32 Å². The van der Waals surface area contributed by atoms with Crippen molar-refractivity contribution in [2.24, 2.45) is 0 Å². The number of morpholine rings is 1. The van der Waals surface area contributed by atoms with Gasteiger partial charge >= 0.3 is 12.1 Å². The lowest BCUT2D eigenvalue weighted by atomic mass is 10.1. The number of ether oxygens (including phenoxy) is 1. The Hall–Kier alpha value is -4.26. The van der Waals surface area contributed by atoms with Gasteiger partial charge in [-0.1, -0.05) is 23.4 Å². The van der Waals surface area contributed by atoms with Crippen molar-refractivity contribution < 1.29 is 32.0 Å². The van der Waals surface area contributed by atoms with Crippen LogP contribution in [-0.4, -0.2) is 68.6 Å². The molecule has 0 saturated carbocycles. The molecule has 2 amide bonds. The van der Waals surface area contributed by atoms with Crippen molar-refractivity contribution in [1.82, 2.24) is 29.7 Å². The SMILES string of the molecule is Cc1nc2ccccn2c1C(=O)N1CCOC[C@H]1CNC(=O)c1ccc(-c2noc(C(F)(F)F)n2)cc1. The van der Waals surface area contributed by atoms with Crippen molar-refractivity contribution in [1.29, 1.82) is 0 Å². The van der Waals surface area contributed by atoms with Crippen molar-refractivity contribution in [3.8, 4) is 11.4 Å². The highest BCUT2D eigenvalue weighted by molar-refractivity contribution is 5.96. The fourth-order valence-corrected chi connectivity index (χ4v) is 4.14. The molecule has 1 fully saturated rings. The number of nitrogens with zero attached hydrogens (tertiary/aromatic N) is 5. The largest absolute Gasteiger partial charge is 0.471 e. The molecule has 0 unspecified atom stereocenters. The zero-order valence-electron chi connectivity index (χ0n) is 19.5. The zero-order valence-corrected chi connectivity index (χ0v) is 19.5. The van der Waals surface area contributed by atoms with Gasteiger partial charge in [-0.25, -0.2) is 4.98 Å². The van der Waals surface area contributed by atoms with E-state index >= 15 is 0 Å². The van der Waals surface area contributed by atoms with E-state index in [2.05, 4.69) is 25.0 Å². The minimum Gasteiger partial charge on any atom is -0.377 e. The highest BCUT2D eigenvalue weighted by Crippen LogP contribution is 2.29. The maximum atomic E-state index is 13.5. The lowest BCUT2D eigenvalue weighted by Crippen LogP contribution is -2.53. The van der Waals surface area contributed by atoms with Gasteiger partial charge in [-0.2, -0.15) is 18.2 Å². The third kappa shape index (κ3) is 4.89. The molecule has 1 N–H and O–H groups in total. The predicted octanol–water partition coefficient (Wildman–Crippen LogP) is 2.98. The molecule has 0 bridgehead atoms. The zero-order chi connectivity index (χ0) is 26.2. The number of fused-ring (bicyclic) bond motifs is 1. The van der Waals surface area contributed by atoms with Crippen LogP contribution in [0.3, 0.4) is 0 Å². The molecule has 1 aliphatic heterocycles. The van der Waals surface area contributed by atoms with E-state index in [1.165, 1.54) is 24.3 Å². The van der Waals surface area contributed by atoms with Crippen LogP contribution in [0.2, 0.25) is 0 Å². The molecule has 0 radical (unpaired) electrons. The smallest absolute Gasteiger partial charge is 0.377 e. The Morgan fingerprint density at radius 2 is 1.92 bits per heavy atom. The summed E-state index contributed by atoms with van der Waals surface area (Å²) in [6.07, 6.45) is -2.96. The number of pyridine rings is 1. The number of aryl methyl sites for hydroxylation is 1. The van der Waals surface area contributed by atoms with Crippen molar-refractivity contribution >= 4 is 17.5 Å². The van der Waals surface area contributed by atoms with Gasteiger partial charge in [-0.15, -0.1) is 0 Å². The number of benzene rings is 1. The summed E-state index contributed by atoms with van der Waals surface area (Å²) >= 11 is 0. The number of hydrogen-bond acceptors (Lipinski definition) is 7. The standard InChI is InChI=1S/C24H21F3N6O4/c1-14-19(33-9-3-2-4-18(33)29-14)22(35)32-10-11-36-13-17(32)12-28-21(34)16-7-5-15(6-8-16)20-30-23(37-31-20)24(25,26)27/h2-9,17H,10-13H2,1H3,(H,28,34)/t17-/m1/s1. The van der Waals surface area contributed by atoms with Crippen molar-refractivity contribution in [3.05, 3.63) is 71.5 Å². The number of rotatable bonds is 5. The van der Waals surface area contributed by atoms with Gasteiger partial charge in [-0.05, 0) is 31.2 Å². The van der Waals surface area contributed by atoms with E-state index in [9.17, 15) is 22.8 Å². The van der Waals surface area contributed by atoms with Gasteiger partial charge in [0.25, 0.3) is 11.8 Å². The number of amides is 2. The van der Waals surface area contributed by atoms with Crippen molar-refractivity contribution in [3.63, 3.8) is 0 Å². The highest BCUT2D eigenvalue weighted by Gasteiger charge is 2.38. The molecule has 0 spiro atoms. The average molecular weight is 514 g/mol. The summed E-state index contributed by atoms with van der Waals surface area (Å²) < 4.78 is 49.6. The Morgan fingerprint density at radius 1 is 1.14 bits per heavy atom. The van der Waals surface area contributed by atoms with Crippen molar-refractivity contribution in [2.45, 2.75) is 19.1 Å². The van der Waals surface area contributed by atoms with E-state index < -0.39 is 24.0 Å². The molecule has 13 heteroatoms. The minimum atomic E-state index is -4.74. The Bertz CT molecular complexity index is 1450. The molecule has 192 valence electrons. The summed E-state index contributed by atoms with van der Waals surface area (Å²) in [7, 11) is 0. The number of carbonyl (C=O) groups excluding carboxylic acids is 2. The molecule has 1 atom stereocenters. The second kappa shape index (κ2) is 9.65. The van der Waals surface area contributed by atoms with E-state index in [-0.39, 0.29) is 36.0 Å². The number of imidazole rings is 1. The van der Waals surface area contributed by atoms with Gasteiger partial charge < -0.3 is 19.5 Å². The Balaban J connectivity index is 1.26. The summed E-state index contributed by atoms with van der Waals surface area (Å²) in [5.41, 5.74) is 2.27. The molecular formula is C24H21F3N6O4. The maximum Gasteiger partial charge on any atom is 0.471 e. The summed E-state index contributed by atoms with van der Waals surface area (Å²) in [6.45, 7) is 2.90. The Kier molecular flexibility index (Phi) is 6.38. The molecule has 5 rings (SSSR count). The van der Waals surface area contributed by atoms with Crippen LogP contribution in [0, 0.1) is 6.92 Å². The van der Waals surface area contributed by atoms with E-state index in [0.717, 1.165) is 0 Å². The average Bonchev–Trinajstić information content (AvgIpc) is 3.52. The van der Waals surface area contributed by atoms with Gasteiger partial charge in [0.15, 0.2) is 0 Å². The first kappa shape index (κ1) is 24.4. The van der Waals surface area contributed by atoms with Crippen LogP contribution >= 0.6 is 0 Å². The van der Waals surface area contributed by atoms with Gasteiger partial charge in [-0.3, -0.25) is 14.0 Å². The van der Waals surface area contributed by atoms with Crippen LogP contribution in [0.5, 0.6) is 0 Å². The Labute approximate surface area is 208 Å². The second-order valence-electron chi connectivity index (χ2n) is 8.41. The first-order valence-electron chi connectivity index (χ1n) is 11.3. The second-order valence-corrected chi connectivity index (χ2v) is 8.41. The topological polar surface area (TPSA) is 115 Å². The lowest BCUT2D eigenvalue weighted by molar-refractivity contribution is -0.159. The van der Waals surface area contributed by atoms with Crippen LogP contribution in [0.1, 0.15) is 32.4 Å². The fourth-order valence-electron chi connectivity index (χ4n) is 4.14. The van der Waals surface area contributed by atoms with Gasteiger partial charge in [0, 0.05) is 30.4 Å². The molecule has 10 nitrogen and oxygen atoms in total. The van der Waals surface area contributed by atoms with Gasteiger partial charge in [0.2, 0.25) is 5.82 Å². The first-order chi connectivity index (χ1) is 17.7. The number of halogens is 3. The van der Waals surface area contributed by atoms with E-state index in [1.807, 2.05) is 18.2 Å². The summed E-state index contributed by atoms with van der Waals surface area (Å²) in [6, 6.07) is 10.8. The van der Waals surface area contributed by atoms with E-state index in [4.69, 9.17) is 4.74 Å². The number of alkyl halides is 3. The molecular weight excluding hydrogens is 493 g/mol. The summed E-state index contributed by atoms with van der Waals surface area (Å²) in [5, 5.41) is 6.13. The predicted molar refractivity (Wildman–Crippen MR) is 123 cm³/mol. The molecule has 1 aliphatic rings. The normalized spacial score (nSPS) is 16.2. The fraction of sp³-hybridized carbons (Fsp3) is 0.292. The number of hydrogen-bond donors (Lipinski definition) is 1. The number of aromatic nitrogens is 4.